The first-order valence-corrected chi connectivity index (χ1v) is 7.23. The van der Waals surface area contributed by atoms with Crippen LogP contribution in [0, 0.1) is 0 Å². The lowest BCUT2D eigenvalue weighted by Gasteiger charge is -2.23. The maximum absolute atomic E-state index is 12.8. The van der Waals surface area contributed by atoms with Crippen molar-refractivity contribution in [2.75, 3.05) is 14.1 Å². The number of unbranched alkanes of at least 4 members (excludes halogenated alkanes) is 3. The van der Waals surface area contributed by atoms with E-state index in [1.165, 1.54) is 0 Å². The summed E-state index contributed by atoms with van der Waals surface area (Å²) in [4.78, 5) is 0. The van der Waals surface area contributed by atoms with Gasteiger partial charge in [-0.2, -0.15) is 26.0 Å². The Hall–Kier alpha value is -0.410. The molecule has 0 bridgehead atoms. The summed E-state index contributed by atoms with van der Waals surface area (Å²) >= 11 is 0. The Morgan fingerprint density at radius 2 is 1.47 bits per heavy atom. The molecule has 0 amide bonds. The van der Waals surface area contributed by atoms with Crippen LogP contribution in [0.5, 0.6) is 0 Å². The third-order valence-corrected chi connectivity index (χ3v) is 3.04. The standard InChI is InChI=1S/C8H14F4O3S.C2H7N/c1-2-3-4-5-6-7(9,10)8(11,12)16(13,14)15;1-3-2/h2-6H2,1H3,(H,13,14,15);3H,1-2H3. The predicted octanol–water partition coefficient (Wildman–Crippen LogP) is 2.91. The first-order chi connectivity index (χ1) is 8.47. The fourth-order valence-electron chi connectivity index (χ4n) is 1.11. The smallest absolute Gasteiger partial charge is 0.323 e. The maximum Gasteiger partial charge on any atom is 0.431 e. The first-order valence-electron chi connectivity index (χ1n) is 5.79. The zero-order chi connectivity index (χ0) is 15.7. The molecule has 0 rings (SSSR count). The van der Waals surface area contributed by atoms with Gasteiger partial charge in [-0.25, -0.2) is 0 Å². The van der Waals surface area contributed by atoms with Crippen LogP contribution in [0.4, 0.5) is 17.6 Å². The van der Waals surface area contributed by atoms with Gasteiger partial charge in [0, 0.05) is 6.42 Å². The number of halogens is 4. The molecule has 0 saturated carbocycles. The van der Waals surface area contributed by atoms with E-state index in [4.69, 9.17) is 4.55 Å². The summed E-state index contributed by atoms with van der Waals surface area (Å²) in [6, 6.07) is 0. The highest BCUT2D eigenvalue weighted by molar-refractivity contribution is 7.87. The highest BCUT2D eigenvalue weighted by Crippen LogP contribution is 2.41. The SMILES string of the molecule is CCCCCCC(F)(F)C(F)(F)S(=O)(=O)O.CNC. The van der Waals surface area contributed by atoms with Gasteiger partial charge in [-0.3, -0.25) is 4.55 Å². The van der Waals surface area contributed by atoms with Gasteiger partial charge in [-0.15, -0.1) is 0 Å². The van der Waals surface area contributed by atoms with Crippen molar-refractivity contribution in [3.05, 3.63) is 0 Å². The molecule has 0 aromatic rings. The van der Waals surface area contributed by atoms with Gasteiger partial charge in [0.15, 0.2) is 0 Å². The summed E-state index contributed by atoms with van der Waals surface area (Å²) < 4.78 is 79.2. The van der Waals surface area contributed by atoms with Gasteiger partial charge < -0.3 is 5.32 Å². The van der Waals surface area contributed by atoms with Gasteiger partial charge in [0.25, 0.3) is 0 Å². The van der Waals surface area contributed by atoms with Crippen LogP contribution in [-0.2, 0) is 10.1 Å². The van der Waals surface area contributed by atoms with Crippen LogP contribution in [0.15, 0.2) is 0 Å². The Labute approximate surface area is 111 Å². The van der Waals surface area contributed by atoms with Gasteiger partial charge in [0.05, 0.1) is 0 Å². The minimum Gasteiger partial charge on any atom is -0.323 e. The van der Waals surface area contributed by atoms with E-state index in [0.717, 1.165) is 6.42 Å². The molecule has 0 spiro atoms. The molecule has 0 heterocycles. The monoisotopic (exact) mass is 311 g/mol. The molecule has 0 aliphatic rings. The average molecular weight is 311 g/mol. The summed E-state index contributed by atoms with van der Waals surface area (Å²) in [6.45, 7) is 1.81. The van der Waals surface area contributed by atoms with Crippen molar-refractivity contribution in [3.8, 4) is 0 Å². The Balaban J connectivity index is 0. The molecule has 0 fully saturated rings. The second kappa shape index (κ2) is 8.70. The normalized spacial score (nSPS) is 12.8. The van der Waals surface area contributed by atoms with Crippen molar-refractivity contribution >= 4 is 10.1 Å². The van der Waals surface area contributed by atoms with E-state index >= 15 is 0 Å². The number of nitrogens with one attached hydrogen (secondary N) is 1. The maximum atomic E-state index is 12.8. The summed E-state index contributed by atoms with van der Waals surface area (Å²) in [5, 5.41) is -2.67. The number of hydrogen-bond donors (Lipinski definition) is 2. The molecule has 0 aromatic carbocycles. The lowest BCUT2D eigenvalue weighted by atomic mass is 10.1. The van der Waals surface area contributed by atoms with Crippen LogP contribution in [-0.4, -0.2) is 38.2 Å². The van der Waals surface area contributed by atoms with Crippen molar-refractivity contribution in [1.29, 1.82) is 0 Å². The van der Waals surface area contributed by atoms with Crippen LogP contribution >= 0.6 is 0 Å². The Morgan fingerprint density at radius 1 is 1.05 bits per heavy atom. The third kappa shape index (κ3) is 7.07. The van der Waals surface area contributed by atoms with Crippen LogP contribution in [0.1, 0.15) is 39.0 Å². The summed E-state index contributed by atoms with van der Waals surface area (Å²) in [5.41, 5.74) is 0. The van der Waals surface area contributed by atoms with Gasteiger partial charge in [0.1, 0.15) is 0 Å². The molecule has 0 radical (unpaired) electrons. The fourth-order valence-corrected chi connectivity index (χ4v) is 1.59. The van der Waals surface area contributed by atoms with E-state index in [-0.39, 0.29) is 6.42 Å². The number of alkyl halides is 4. The van der Waals surface area contributed by atoms with Gasteiger partial charge in [0.2, 0.25) is 0 Å². The van der Waals surface area contributed by atoms with Crippen LogP contribution in [0.25, 0.3) is 0 Å². The van der Waals surface area contributed by atoms with E-state index in [0.29, 0.717) is 12.8 Å². The van der Waals surface area contributed by atoms with Crippen molar-refractivity contribution < 1.29 is 30.5 Å². The van der Waals surface area contributed by atoms with Crippen molar-refractivity contribution in [1.82, 2.24) is 5.32 Å². The molecule has 0 aromatic heterocycles. The molecule has 0 atom stereocenters. The lowest BCUT2D eigenvalue weighted by Crippen LogP contribution is -2.46. The van der Waals surface area contributed by atoms with Crippen LogP contribution in [0.2, 0.25) is 0 Å². The largest absolute Gasteiger partial charge is 0.431 e. The summed E-state index contributed by atoms with van der Waals surface area (Å²) in [7, 11) is -2.34. The highest BCUT2D eigenvalue weighted by atomic mass is 32.2. The van der Waals surface area contributed by atoms with Crippen molar-refractivity contribution in [3.63, 3.8) is 0 Å². The molecule has 118 valence electrons. The summed E-state index contributed by atoms with van der Waals surface area (Å²) in [5.74, 6) is -4.74. The van der Waals surface area contributed by atoms with Crippen LogP contribution < -0.4 is 5.32 Å². The topological polar surface area (TPSA) is 66.4 Å². The van der Waals surface area contributed by atoms with Gasteiger partial charge >= 0.3 is 21.3 Å². The molecule has 9 heteroatoms. The second-order valence-corrected chi connectivity index (χ2v) is 5.47. The molecule has 0 aliphatic heterocycles. The molecule has 2 N–H and O–H groups in total. The fraction of sp³-hybridized carbons (Fsp3) is 1.00. The van der Waals surface area contributed by atoms with E-state index < -0.39 is 27.7 Å². The van der Waals surface area contributed by atoms with E-state index in [1.807, 2.05) is 21.0 Å². The lowest BCUT2D eigenvalue weighted by molar-refractivity contribution is -0.164. The first kappa shape index (κ1) is 20.9. The third-order valence-electron chi connectivity index (χ3n) is 2.09. The zero-order valence-corrected chi connectivity index (χ0v) is 12.0. The number of rotatable bonds is 7. The average Bonchev–Trinajstić information content (AvgIpc) is 2.24. The molecular formula is C10H21F4NO3S. The zero-order valence-electron chi connectivity index (χ0n) is 11.2. The Morgan fingerprint density at radius 3 is 1.79 bits per heavy atom. The van der Waals surface area contributed by atoms with E-state index in [2.05, 4.69) is 5.32 Å². The van der Waals surface area contributed by atoms with Gasteiger partial charge in [-0.05, 0) is 20.5 Å². The summed E-state index contributed by atoms with van der Waals surface area (Å²) in [6.07, 6.45) is 0.174. The molecule has 19 heavy (non-hydrogen) atoms. The molecule has 0 saturated heterocycles. The predicted molar refractivity (Wildman–Crippen MR) is 65.2 cm³/mol. The Kier molecular flexibility index (Phi) is 9.57. The second-order valence-electron chi connectivity index (χ2n) is 4.01. The van der Waals surface area contributed by atoms with Crippen molar-refractivity contribution in [2.45, 2.75) is 50.2 Å². The van der Waals surface area contributed by atoms with E-state index in [9.17, 15) is 26.0 Å². The Bertz CT molecular complexity index is 334. The molecule has 4 nitrogen and oxygen atoms in total. The van der Waals surface area contributed by atoms with Crippen LogP contribution in [0.3, 0.4) is 0 Å². The highest BCUT2D eigenvalue weighted by Gasteiger charge is 2.64. The van der Waals surface area contributed by atoms with E-state index in [1.54, 1.807) is 0 Å². The minimum absolute atomic E-state index is 0.216. The molecule has 0 aliphatic carbocycles. The van der Waals surface area contributed by atoms with Gasteiger partial charge in [-0.1, -0.05) is 26.2 Å². The quantitative estimate of drug-likeness (QED) is 0.431. The number of hydrogen-bond acceptors (Lipinski definition) is 3. The molecular weight excluding hydrogens is 290 g/mol. The minimum atomic E-state index is -6.09. The molecule has 0 unspecified atom stereocenters. The van der Waals surface area contributed by atoms with Crippen molar-refractivity contribution in [2.24, 2.45) is 0 Å².